The summed E-state index contributed by atoms with van der Waals surface area (Å²) in [4.78, 5) is 17.1. The van der Waals surface area contributed by atoms with Crippen molar-refractivity contribution in [1.82, 2.24) is 19.9 Å². The van der Waals surface area contributed by atoms with E-state index in [4.69, 9.17) is 4.74 Å². The number of ether oxygens (including phenoxy) is 1. The summed E-state index contributed by atoms with van der Waals surface area (Å²) in [6.45, 7) is 0.365. The van der Waals surface area contributed by atoms with Crippen LogP contribution in [0.5, 0.6) is 0 Å². The molecule has 0 bridgehead atoms. The van der Waals surface area contributed by atoms with Gasteiger partial charge in [0.1, 0.15) is 34.6 Å². The molecule has 9 nitrogen and oxygen atoms in total. The third-order valence-corrected chi connectivity index (χ3v) is 7.24. The van der Waals surface area contributed by atoms with Crippen molar-refractivity contribution in [3.8, 4) is 10.6 Å². The largest absolute Gasteiger partial charge is 0.405 e. The lowest BCUT2D eigenvalue weighted by atomic mass is 10.1. The van der Waals surface area contributed by atoms with Crippen molar-refractivity contribution in [2.24, 2.45) is 5.92 Å². The van der Waals surface area contributed by atoms with Crippen LogP contribution in [-0.4, -0.2) is 73.8 Å². The maximum Gasteiger partial charge on any atom is 0.405 e. The van der Waals surface area contributed by atoms with Gasteiger partial charge in [0.2, 0.25) is 5.95 Å². The zero-order valence-electron chi connectivity index (χ0n) is 17.6. The number of aryl methyl sites for hydroxylation is 1. The number of alkyl halides is 3. The lowest BCUT2D eigenvalue weighted by molar-refractivity contribution is -0.115. The fraction of sp³-hybridized carbons (Fsp3) is 0.500. The van der Waals surface area contributed by atoms with Gasteiger partial charge < -0.3 is 25.6 Å². The highest BCUT2D eigenvalue weighted by molar-refractivity contribution is 7.21. The van der Waals surface area contributed by atoms with Gasteiger partial charge in [0.15, 0.2) is 0 Å². The van der Waals surface area contributed by atoms with E-state index in [1.165, 1.54) is 18.4 Å². The van der Waals surface area contributed by atoms with Crippen molar-refractivity contribution >= 4 is 33.3 Å². The van der Waals surface area contributed by atoms with Crippen molar-refractivity contribution in [2.45, 2.75) is 43.4 Å². The van der Waals surface area contributed by atoms with Gasteiger partial charge in [-0.2, -0.15) is 18.2 Å². The van der Waals surface area contributed by atoms with Crippen LogP contribution < -0.4 is 10.6 Å². The number of nitrogens with one attached hydrogen (secondary N) is 2. The van der Waals surface area contributed by atoms with Gasteiger partial charge in [-0.05, 0) is 19.4 Å². The zero-order chi connectivity index (χ0) is 23.5. The molecule has 0 aliphatic heterocycles. The number of aliphatic hydroxyl groups excluding tert-OH is 1. The molecule has 2 fully saturated rings. The third-order valence-electron chi connectivity index (χ3n) is 6.19. The van der Waals surface area contributed by atoms with Gasteiger partial charge in [0.05, 0.1) is 34.3 Å². The molecule has 33 heavy (non-hydrogen) atoms. The number of pyridine rings is 1. The summed E-state index contributed by atoms with van der Waals surface area (Å²) >= 11 is 1.37. The first-order valence-corrected chi connectivity index (χ1v) is 11.0. The van der Waals surface area contributed by atoms with Gasteiger partial charge in [-0.15, -0.1) is 11.3 Å². The molecule has 0 spiro atoms. The minimum Gasteiger partial charge on any atom is -0.388 e. The maximum absolute atomic E-state index is 12.7. The number of aromatic nitrogens is 4. The number of thiazole rings is 1. The first-order valence-electron chi connectivity index (χ1n) is 10.2. The topological polar surface area (TPSA) is 125 Å². The van der Waals surface area contributed by atoms with Gasteiger partial charge in [-0.3, -0.25) is 4.98 Å². The number of anilines is 2. The quantitative estimate of drug-likeness (QED) is 0.419. The molecule has 2 aliphatic carbocycles. The Morgan fingerprint density at radius 3 is 2.73 bits per heavy atom. The monoisotopic (exact) mass is 482 g/mol. The Morgan fingerprint density at radius 1 is 1.30 bits per heavy atom. The molecule has 2 saturated carbocycles. The molecule has 176 valence electrons. The summed E-state index contributed by atoms with van der Waals surface area (Å²) in [7, 11) is 1.47. The second-order valence-electron chi connectivity index (χ2n) is 8.27. The second-order valence-corrected chi connectivity index (χ2v) is 9.30. The number of hydrogen-bond donors (Lipinski definition) is 4. The standard InChI is InChI=1S/C20H21F3N6O3S/c1-8-13(17-28-11-6-24-4-3-12(11)33-17)16(29-18(26-8)25-7-19(21,22)23)27-10-5-9-15(32-2)20(9,31)14(10)30/h3-4,6,9-10,14-15,30-31H,5,7H2,1-2H3,(H2,25,26,27,29)/t9-,10-,14+,15?,20-/m1/s1. The average molecular weight is 482 g/mol. The Morgan fingerprint density at radius 2 is 2.09 bits per heavy atom. The summed E-state index contributed by atoms with van der Waals surface area (Å²) in [5.41, 5.74) is 0.238. The molecule has 3 heterocycles. The molecule has 3 aromatic rings. The normalized spacial score (nSPS) is 28.7. The van der Waals surface area contributed by atoms with Gasteiger partial charge in [0, 0.05) is 19.2 Å². The fourth-order valence-corrected chi connectivity index (χ4v) is 5.63. The van der Waals surface area contributed by atoms with E-state index in [2.05, 4.69) is 30.6 Å². The Labute approximate surface area is 190 Å². The van der Waals surface area contributed by atoms with Crippen molar-refractivity contribution in [2.75, 3.05) is 24.3 Å². The van der Waals surface area contributed by atoms with E-state index >= 15 is 0 Å². The number of methoxy groups -OCH3 is 1. The Balaban J connectivity index is 1.51. The minimum absolute atomic E-state index is 0.204. The van der Waals surface area contributed by atoms with Crippen LogP contribution in [0.1, 0.15) is 12.1 Å². The summed E-state index contributed by atoms with van der Waals surface area (Å²) in [5, 5.41) is 27.3. The number of nitrogens with zero attached hydrogens (tertiary/aromatic N) is 4. The van der Waals surface area contributed by atoms with Crippen LogP contribution in [0.15, 0.2) is 18.5 Å². The van der Waals surface area contributed by atoms with Crippen LogP contribution >= 0.6 is 11.3 Å². The fourth-order valence-electron chi connectivity index (χ4n) is 4.60. The molecule has 2 aliphatic rings. The van der Waals surface area contributed by atoms with E-state index in [0.29, 0.717) is 28.2 Å². The van der Waals surface area contributed by atoms with Crippen LogP contribution in [0.4, 0.5) is 24.9 Å². The van der Waals surface area contributed by atoms with E-state index in [9.17, 15) is 23.4 Å². The Kier molecular flexibility index (Phi) is 5.19. The molecule has 3 aromatic heterocycles. The first-order chi connectivity index (χ1) is 15.6. The lowest BCUT2D eigenvalue weighted by Gasteiger charge is -2.25. The number of rotatable bonds is 6. The van der Waals surface area contributed by atoms with Crippen molar-refractivity contribution in [1.29, 1.82) is 0 Å². The van der Waals surface area contributed by atoms with Crippen LogP contribution in [-0.2, 0) is 4.74 Å². The van der Waals surface area contributed by atoms with Gasteiger partial charge in [0.25, 0.3) is 0 Å². The van der Waals surface area contributed by atoms with Gasteiger partial charge in [-0.25, -0.2) is 9.97 Å². The van der Waals surface area contributed by atoms with Crippen molar-refractivity contribution in [3.05, 3.63) is 24.2 Å². The highest BCUT2D eigenvalue weighted by Gasteiger charge is 2.75. The summed E-state index contributed by atoms with van der Waals surface area (Å²) in [5.74, 6) is -0.218. The molecule has 1 unspecified atom stereocenters. The van der Waals surface area contributed by atoms with E-state index in [-0.39, 0.29) is 17.7 Å². The number of fused-ring (bicyclic) bond motifs is 2. The van der Waals surface area contributed by atoms with E-state index < -0.39 is 36.6 Å². The molecule has 5 rings (SSSR count). The zero-order valence-corrected chi connectivity index (χ0v) is 18.4. The summed E-state index contributed by atoms with van der Waals surface area (Å²) in [6.07, 6.45) is -2.35. The molecule has 4 N–H and O–H groups in total. The predicted octanol–water partition coefficient (Wildman–Crippen LogP) is 2.35. The van der Waals surface area contributed by atoms with E-state index in [0.717, 1.165) is 4.70 Å². The van der Waals surface area contributed by atoms with Gasteiger partial charge >= 0.3 is 6.18 Å². The van der Waals surface area contributed by atoms with E-state index in [1.54, 1.807) is 19.3 Å². The molecule has 0 saturated heterocycles. The molecular weight excluding hydrogens is 461 g/mol. The lowest BCUT2D eigenvalue weighted by Crippen LogP contribution is -2.42. The summed E-state index contributed by atoms with van der Waals surface area (Å²) in [6, 6.07) is 1.24. The average Bonchev–Trinajstić information content (AvgIpc) is 3.02. The molecule has 0 radical (unpaired) electrons. The SMILES string of the molecule is COC1[C@H]2C[C@@H](Nc3nc(NCC(F)(F)F)nc(C)c3-c3nc4cnccc4s3)[C@H](O)[C@@]12O. The Bertz CT molecular complexity index is 1170. The highest BCUT2D eigenvalue weighted by atomic mass is 32.1. The van der Waals surface area contributed by atoms with E-state index in [1.807, 2.05) is 6.07 Å². The van der Waals surface area contributed by atoms with Crippen LogP contribution in [0.25, 0.3) is 20.8 Å². The maximum atomic E-state index is 12.7. The molecular formula is C20H21F3N6O3S. The van der Waals surface area contributed by atoms with Crippen molar-refractivity contribution < 1.29 is 28.1 Å². The second kappa shape index (κ2) is 7.72. The van der Waals surface area contributed by atoms with Crippen LogP contribution in [0.2, 0.25) is 0 Å². The molecule has 0 amide bonds. The first kappa shape index (κ1) is 22.2. The van der Waals surface area contributed by atoms with Crippen LogP contribution in [0, 0.1) is 12.8 Å². The highest BCUT2D eigenvalue weighted by Crippen LogP contribution is 2.58. The predicted molar refractivity (Wildman–Crippen MR) is 115 cm³/mol. The van der Waals surface area contributed by atoms with Crippen molar-refractivity contribution in [3.63, 3.8) is 0 Å². The number of halogens is 3. The molecule has 13 heteroatoms. The smallest absolute Gasteiger partial charge is 0.388 e. The minimum atomic E-state index is -4.44. The number of hydrogen-bond acceptors (Lipinski definition) is 10. The third kappa shape index (κ3) is 3.78. The Hall–Kier alpha value is -2.61. The number of aliphatic hydroxyl groups is 2. The molecule has 5 atom stereocenters. The summed E-state index contributed by atoms with van der Waals surface area (Å²) < 4.78 is 44.3. The van der Waals surface area contributed by atoms with Crippen LogP contribution in [0.3, 0.4) is 0 Å². The van der Waals surface area contributed by atoms with Gasteiger partial charge in [-0.1, -0.05) is 0 Å². The molecule has 0 aromatic carbocycles.